The van der Waals surface area contributed by atoms with Gasteiger partial charge in [-0.2, -0.15) is 0 Å². The van der Waals surface area contributed by atoms with E-state index in [-0.39, 0.29) is 4.90 Å². The van der Waals surface area contributed by atoms with Crippen LogP contribution in [0.5, 0.6) is 0 Å². The van der Waals surface area contributed by atoms with E-state index in [0.29, 0.717) is 6.04 Å². The lowest BCUT2D eigenvalue weighted by Gasteiger charge is -2.24. The number of sulfonamides is 1. The van der Waals surface area contributed by atoms with Crippen molar-refractivity contribution in [1.82, 2.24) is 10.0 Å². The van der Waals surface area contributed by atoms with Gasteiger partial charge in [-0.15, -0.1) is 0 Å². The Hall–Kier alpha value is -1.11. The zero-order valence-corrected chi connectivity index (χ0v) is 11.3. The molecule has 1 atom stereocenters. The lowest BCUT2D eigenvalue weighted by molar-refractivity contribution is 0.480. The third kappa shape index (κ3) is 3.22. The molecule has 6 heteroatoms. The van der Waals surface area contributed by atoms with Crippen LogP contribution in [0.25, 0.3) is 0 Å². The Bertz CT molecular complexity index is 479. The fourth-order valence-corrected chi connectivity index (χ4v) is 2.79. The van der Waals surface area contributed by atoms with Crippen LogP contribution in [-0.2, 0) is 10.0 Å². The van der Waals surface area contributed by atoms with Crippen LogP contribution in [0.3, 0.4) is 0 Å². The molecule has 1 unspecified atom stereocenters. The van der Waals surface area contributed by atoms with Gasteiger partial charge in [-0.25, -0.2) is 13.1 Å². The van der Waals surface area contributed by atoms with E-state index in [1.54, 1.807) is 24.3 Å². The molecule has 0 aliphatic carbocycles. The maximum atomic E-state index is 11.6. The minimum Gasteiger partial charge on any atom is -0.381 e. The van der Waals surface area contributed by atoms with Gasteiger partial charge in [0.2, 0.25) is 10.0 Å². The number of hydrogen-bond donors (Lipinski definition) is 3. The molecule has 1 aromatic rings. The summed E-state index contributed by atoms with van der Waals surface area (Å²) in [6.07, 6.45) is 2.31. The Kier molecular flexibility index (Phi) is 4.21. The Balaban J connectivity index is 2.03. The summed E-state index contributed by atoms with van der Waals surface area (Å²) in [5.41, 5.74) is 0.957. The molecule has 1 saturated heterocycles. The first-order valence-corrected chi connectivity index (χ1v) is 7.61. The third-order valence-corrected chi connectivity index (χ3v) is 4.53. The van der Waals surface area contributed by atoms with Gasteiger partial charge < -0.3 is 10.6 Å². The second-order valence-corrected chi connectivity index (χ2v) is 6.31. The van der Waals surface area contributed by atoms with Gasteiger partial charge in [0.05, 0.1) is 4.90 Å². The zero-order valence-electron chi connectivity index (χ0n) is 10.4. The van der Waals surface area contributed by atoms with E-state index >= 15 is 0 Å². The standard InChI is InChI=1S/C12H19N3O2S/c1-13-18(16,17)12-6-4-10(5-7-12)15-11-3-2-8-14-9-11/h4-7,11,13-15H,2-3,8-9H2,1H3. The van der Waals surface area contributed by atoms with E-state index in [1.165, 1.54) is 13.5 Å². The van der Waals surface area contributed by atoms with Gasteiger partial charge in [0, 0.05) is 18.3 Å². The second-order valence-electron chi connectivity index (χ2n) is 4.42. The quantitative estimate of drug-likeness (QED) is 0.755. The van der Waals surface area contributed by atoms with Crippen molar-refractivity contribution < 1.29 is 8.42 Å². The van der Waals surface area contributed by atoms with Gasteiger partial charge in [0.25, 0.3) is 0 Å². The van der Waals surface area contributed by atoms with Gasteiger partial charge in [-0.3, -0.25) is 0 Å². The number of piperidine rings is 1. The lowest BCUT2D eigenvalue weighted by Crippen LogP contribution is -2.38. The molecule has 1 fully saturated rings. The fraction of sp³-hybridized carbons (Fsp3) is 0.500. The van der Waals surface area contributed by atoms with Crippen molar-refractivity contribution in [3.8, 4) is 0 Å². The molecular weight excluding hydrogens is 250 g/mol. The summed E-state index contributed by atoms with van der Waals surface area (Å²) in [6, 6.07) is 7.26. The smallest absolute Gasteiger partial charge is 0.240 e. The van der Waals surface area contributed by atoms with Crippen molar-refractivity contribution in [3.05, 3.63) is 24.3 Å². The molecule has 1 heterocycles. The predicted molar refractivity (Wildman–Crippen MR) is 72.2 cm³/mol. The van der Waals surface area contributed by atoms with Crippen LogP contribution in [-0.4, -0.2) is 34.6 Å². The molecule has 0 aromatic heterocycles. The zero-order chi connectivity index (χ0) is 13.0. The molecule has 5 nitrogen and oxygen atoms in total. The van der Waals surface area contributed by atoms with Crippen LogP contribution < -0.4 is 15.4 Å². The molecule has 0 amide bonds. The van der Waals surface area contributed by atoms with Crippen molar-refractivity contribution in [2.75, 3.05) is 25.5 Å². The SMILES string of the molecule is CNS(=O)(=O)c1ccc(NC2CCCNC2)cc1. The molecule has 0 saturated carbocycles. The van der Waals surface area contributed by atoms with Crippen molar-refractivity contribution >= 4 is 15.7 Å². The Morgan fingerprint density at radius 1 is 1.28 bits per heavy atom. The van der Waals surface area contributed by atoms with Crippen LogP contribution in [0.2, 0.25) is 0 Å². The first-order valence-electron chi connectivity index (χ1n) is 6.13. The van der Waals surface area contributed by atoms with E-state index in [9.17, 15) is 8.42 Å². The third-order valence-electron chi connectivity index (χ3n) is 3.10. The van der Waals surface area contributed by atoms with Crippen molar-refractivity contribution in [3.63, 3.8) is 0 Å². The summed E-state index contributed by atoms with van der Waals surface area (Å²) in [7, 11) is -1.93. The predicted octanol–water partition coefficient (Wildman–Crippen LogP) is 0.759. The summed E-state index contributed by atoms with van der Waals surface area (Å²) < 4.78 is 25.4. The van der Waals surface area contributed by atoms with Gasteiger partial charge in [0.1, 0.15) is 0 Å². The fourth-order valence-electron chi connectivity index (χ4n) is 2.06. The van der Waals surface area contributed by atoms with Crippen LogP contribution >= 0.6 is 0 Å². The molecule has 1 aromatic carbocycles. The highest BCUT2D eigenvalue weighted by Gasteiger charge is 2.14. The topological polar surface area (TPSA) is 70.2 Å². The van der Waals surface area contributed by atoms with Crippen LogP contribution in [0, 0.1) is 0 Å². The Morgan fingerprint density at radius 2 is 2.00 bits per heavy atom. The molecule has 1 aliphatic heterocycles. The lowest BCUT2D eigenvalue weighted by atomic mass is 10.1. The molecule has 3 N–H and O–H groups in total. The van der Waals surface area contributed by atoms with E-state index in [0.717, 1.165) is 25.2 Å². The summed E-state index contributed by atoms with van der Waals surface area (Å²) >= 11 is 0. The minimum absolute atomic E-state index is 0.289. The Morgan fingerprint density at radius 3 is 2.56 bits per heavy atom. The number of benzene rings is 1. The first kappa shape index (κ1) is 13.3. The summed E-state index contributed by atoms with van der Waals surface area (Å²) in [5.74, 6) is 0. The molecular formula is C12H19N3O2S. The maximum absolute atomic E-state index is 11.6. The molecule has 18 heavy (non-hydrogen) atoms. The number of anilines is 1. The Labute approximate surface area is 108 Å². The second kappa shape index (κ2) is 5.69. The van der Waals surface area contributed by atoms with Crippen molar-refractivity contribution in [2.24, 2.45) is 0 Å². The number of hydrogen-bond acceptors (Lipinski definition) is 4. The van der Waals surface area contributed by atoms with Gasteiger partial charge in [0.15, 0.2) is 0 Å². The first-order chi connectivity index (χ1) is 8.62. The van der Waals surface area contributed by atoms with Gasteiger partial charge in [-0.1, -0.05) is 0 Å². The number of nitrogens with one attached hydrogen (secondary N) is 3. The molecule has 0 bridgehead atoms. The molecule has 0 spiro atoms. The van der Waals surface area contributed by atoms with E-state index in [4.69, 9.17) is 0 Å². The maximum Gasteiger partial charge on any atom is 0.240 e. The van der Waals surface area contributed by atoms with Crippen molar-refractivity contribution in [2.45, 2.75) is 23.8 Å². The van der Waals surface area contributed by atoms with Gasteiger partial charge >= 0.3 is 0 Å². The van der Waals surface area contributed by atoms with E-state index in [2.05, 4.69) is 15.4 Å². The molecule has 2 rings (SSSR count). The average Bonchev–Trinajstić information content (AvgIpc) is 2.40. The van der Waals surface area contributed by atoms with E-state index < -0.39 is 10.0 Å². The highest BCUT2D eigenvalue weighted by Crippen LogP contribution is 2.16. The number of rotatable bonds is 4. The highest BCUT2D eigenvalue weighted by molar-refractivity contribution is 7.89. The average molecular weight is 269 g/mol. The van der Waals surface area contributed by atoms with Gasteiger partial charge in [-0.05, 0) is 50.7 Å². The largest absolute Gasteiger partial charge is 0.381 e. The summed E-state index contributed by atoms with van der Waals surface area (Å²) in [4.78, 5) is 0.289. The minimum atomic E-state index is -3.34. The monoisotopic (exact) mass is 269 g/mol. The van der Waals surface area contributed by atoms with Crippen LogP contribution in [0.1, 0.15) is 12.8 Å². The van der Waals surface area contributed by atoms with Crippen LogP contribution in [0.15, 0.2) is 29.2 Å². The highest BCUT2D eigenvalue weighted by atomic mass is 32.2. The normalized spacial score (nSPS) is 20.6. The van der Waals surface area contributed by atoms with Crippen molar-refractivity contribution in [1.29, 1.82) is 0 Å². The molecule has 0 radical (unpaired) electrons. The van der Waals surface area contributed by atoms with Crippen LogP contribution in [0.4, 0.5) is 5.69 Å². The molecule has 100 valence electrons. The molecule has 1 aliphatic rings. The summed E-state index contributed by atoms with van der Waals surface area (Å²) in [6.45, 7) is 2.04. The summed E-state index contributed by atoms with van der Waals surface area (Å²) in [5, 5.41) is 6.73. The van der Waals surface area contributed by atoms with E-state index in [1.807, 2.05) is 0 Å².